The Morgan fingerprint density at radius 1 is 1.22 bits per heavy atom. The van der Waals surface area contributed by atoms with Crippen molar-refractivity contribution in [2.45, 2.75) is 19.6 Å². The van der Waals surface area contributed by atoms with Crippen LogP contribution in [0.4, 0.5) is 0 Å². The molecule has 2 aromatic heterocycles. The van der Waals surface area contributed by atoms with Crippen molar-refractivity contribution in [3.63, 3.8) is 0 Å². The van der Waals surface area contributed by atoms with E-state index in [4.69, 9.17) is 4.74 Å². The number of rotatable bonds is 3. The Morgan fingerprint density at radius 2 is 2.13 bits per heavy atom. The molecule has 0 unspecified atom stereocenters. The molecule has 1 aliphatic rings. The number of nitrogens with zero attached hydrogens (tertiary/aromatic N) is 2. The number of hydrogen-bond donors (Lipinski definition) is 1. The fraction of sp³-hybridized carbons (Fsp3) is 0.316. The van der Waals surface area contributed by atoms with Crippen LogP contribution < -0.4 is 0 Å². The predicted molar refractivity (Wildman–Crippen MR) is 92.3 cm³/mol. The van der Waals surface area contributed by atoms with Crippen LogP contribution in [-0.4, -0.2) is 35.6 Å². The van der Waals surface area contributed by atoms with E-state index < -0.39 is 0 Å². The number of H-pyrrole nitrogens is 1. The topological polar surface area (TPSA) is 41.2 Å². The highest BCUT2D eigenvalue weighted by molar-refractivity contribution is 5.81. The van der Waals surface area contributed by atoms with Crippen LogP contribution in [0, 0.1) is 0 Å². The summed E-state index contributed by atoms with van der Waals surface area (Å²) in [6, 6.07) is 8.88. The van der Waals surface area contributed by atoms with Gasteiger partial charge in [0.05, 0.1) is 13.2 Å². The molecule has 23 heavy (non-hydrogen) atoms. The molecule has 3 aromatic rings. The molecule has 0 radical (unpaired) electrons. The zero-order valence-corrected chi connectivity index (χ0v) is 13.6. The average molecular weight is 307 g/mol. The standard InChI is InChI=1S/C19H21N3O/c1-22(2)11-17-9-15(7-13-4-6-23-12-18(13)17)16-8-14-3-5-20-19(14)21-10-16/h3,5,7-10H,4,6,11-12H2,1-2H3,(H,20,21). The van der Waals surface area contributed by atoms with E-state index in [0.717, 1.165) is 37.2 Å². The molecular weight excluding hydrogens is 286 g/mol. The lowest BCUT2D eigenvalue weighted by molar-refractivity contribution is 0.109. The molecule has 4 rings (SSSR count). The number of aromatic amines is 1. The van der Waals surface area contributed by atoms with E-state index in [1.165, 1.54) is 27.8 Å². The minimum absolute atomic E-state index is 0.730. The summed E-state index contributed by atoms with van der Waals surface area (Å²) < 4.78 is 5.68. The van der Waals surface area contributed by atoms with Crippen LogP contribution in [0.2, 0.25) is 0 Å². The number of ether oxygens (including phenoxy) is 1. The molecule has 3 heterocycles. The van der Waals surface area contributed by atoms with Crippen molar-refractivity contribution in [3.8, 4) is 11.1 Å². The summed E-state index contributed by atoms with van der Waals surface area (Å²) in [5.74, 6) is 0. The SMILES string of the molecule is CN(C)Cc1cc(-c2cnc3[nH]ccc3c2)cc2c1COCC2. The highest BCUT2D eigenvalue weighted by Crippen LogP contribution is 2.30. The zero-order valence-electron chi connectivity index (χ0n) is 13.6. The number of nitrogens with one attached hydrogen (secondary N) is 1. The summed E-state index contributed by atoms with van der Waals surface area (Å²) in [5.41, 5.74) is 7.50. The Kier molecular flexibility index (Phi) is 3.63. The number of aromatic nitrogens is 2. The molecule has 1 aliphatic heterocycles. The molecule has 0 bridgehead atoms. The Morgan fingerprint density at radius 3 is 3.00 bits per heavy atom. The predicted octanol–water partition coefficient (Wildman–Crippen LogP) is 3.36. The van der Waals surface area contributed by atoms with Gasteiger partial charge in [0.1, 0.15) is 5.65 Å². The van der Waals surface area contributed by atoms with Crippen molar-refractivity contribution in [2.24, 2.45) is 0 Å². The number of fused-ring (bicyclic) bond motifs is 2. The average Bonchev–Trinajstić information content (AvgIpc) is 3.01. The van der Waals surface area contributed by atoms with E-state index in [0.29, 0.717) is 0 Å². The molecule has 0 amide bonds. The van der Waals surface area contributed by atoms with Crippen molar-refractivity contribution < 1.29 is 4.74 Å². The van der Waals surface area contributed by atoms with Gasteiger partial charge in [0.15, 0.2) is 0 Å². The fourth-order valence-electron chi connectivity index (χ4n) is 3.31. The lowest BCUT2D eigenvalue weighted by atomic mass is 9.92. The van der Waals surface area contributed by atoms with Gasteiger partial charge >= 0.3 is 0 Å². The van der Waals surface area contributed by atoms with Gasteiger partial charge in [-0.25, -0.2) is 4.98 Å². The minimum Gasteiger partial charge on any atom is -0.376 e. The van der Waals surface area contributed by atoms with Crippen LogP contribution in [0.3, 0.4) is 0 Å². The zero-order chi connectivity index (χ0) is 15.8. The summed E-state index contributed by atoms with van der Waals surface area (Å²) in [4.78, 5) is 9.89. The smallest absolute Gasteiger partial charge is 0.137 e. The van der Waals surface area contributed by atoms with Crippen molar-refractivity contribution in [3.05, 3.63) is 53.3 Å². The highest BCUT2D eigenvalue weighted by atomic mass is 16.5. The molecule has 4 nitrogen and oxygen atoms in total. The van der Waals surface area contributed by atoms with E-state index in [-0.39, 0.29) is 0 Å². The minimum atomic E-state index is 0.730. The van der Waals surface area contributed by atoms with Gasteiger partial charge in [0.25, 0.3) is 0 Å². The van der Waals surface area contributed by atoms with Crippen molar-refractivity contribution in [1.29, 1.82) is 0 Å². The number of benzene rings is 1. The Balaban J connectivity index is 1.83. The van der Waals surface area contributed by atoms with Gasteiger partial charge in [-0.05, 0) is 61.0 Å². The van der Waals surface area contributed by atoms with Gasteiger partial charge in [-0.15, -0.1) is 0 Å². The maximum atomic E-state index is 5.68. The summed E-state index contributed by atoms with van der Waals surface area (Å²) in [6.07, 6.45) is 4.88. The van der Waals surface area contributed by atoms with Crippen molar-refractivity contribution >= 4 is 11.0 Å². The fourth-order valence-corrected chi connectivity index (χ4v) is 3.31. The highest BCUT2D eigenvalue weighted by Gasteiger charge is 2.16. The number of pyridine rings is 1. The van der Waals surface area contributed by atoms with Gasteiger partial charge in [-0.2, -0.15) is 0 Å². The van der Waals surface area contributed by atoms with Gasteiger partial charge < -0.3 is 14.6 Å². The molecular formula is C19H21N3O. The number of hydrogen-bond acceptors (Lipinski definition) is 3. The summed E-state index contributed by atoms with van der Waals surface area (Å²) in [5, 5.41) is 1.15. The van der Waals surface area contributed by atoms with Crippen molar-refractivity contribution in [2.75, 3.05) is 20.7 Å². The Hall–Kier alpha value is -2.17. The molecule has 118 valence electrons. The first-order valence-electron chi connectivity index (χ1n) is 8.01. The maximum Gasteiger partial charge on any atom is 0.137 e. The van der Waals surface area contributed by atoms with E-state index in [1.807, 2.05) is 12.4 Å². The third kappa shape index (κ3) is 2.76. The van der Waals surface area contributed by atoms with E-state index in [1.54, 1.807) is 0 Å². The third-order valence-electron chi connectivity index (χ3n) is 4.42. The lowest BCUT2D eigenvalue weighted by Gasteiger charge is -2.23. The molecule has 1 aromatic carbocycles. The van der Waals surface area contributed by atoms with Crippen LogP contribution >= 0.6 is 0 Å². The first-order valence-corrected chi connectivity index (χ1v) is 8.01. The summed E-state index contributed by atoms with van der Waals surface area (Å²) >= 11 is 0. The van der Waals surface area contributed by atoms with E-state index in [9.17, 15) is 0 Å². The molecule has 0 atom stereocenters. The normalized spacial score (nSPS) is 14.4. The third-order valence-corrected chi connectivity index (χ3v) is 4.42. The lowest BCUT2D eigenvalue weighted by Crippen LogP contribution is -2.17. The van der Waals surface area contributed by atoms with Crippen LogP contribution in [0.15, 0.2) is 36.7 Å². The first-order chi connectivity index (χ1) is 11.2. The van der Waals surface area contributed by atoms with Crippen LogP contribution in [0.25, 0.3) is 22.2 Å². The maximum absolute atomic E-state index is 5.68. The van der Waals surface area contributed by atoms with Crippen LogP contribution in [0.1, 0.15) is 16.7 Å². The summed E-state index contributed by atoms with van der Waals surface area (Å²) in [7, 11) is 4.21. The molecule has 4 heteroatoms. The molecule has 0 saturated heterocycles. The van der Waals surface area contributed by atoms with Gasteiger partial charge in [-0.3, -0.25) is 0 Å². The quantitative estimate of drug-likeness (QED) is 0.806. The van der Waals surface area contributed by atoms with Gasteiger partial charge in [-0.1, -0.05) is 6.07 Å². The molecule has 0 aliphatic carbocycles. The monoisotopic (exact) mass is 307 g/mol. The van der Waals surface area contributed by atoms with Crippen molar-refractivity contribution in [1.82, 2.24) is 14.9 Å². The molecule has 0 spiro atoms. The first kappa shape index (κ1) is 14.4. The van der Waals surface area contributed by atoms with Gasteiger partial charge in [0, 0.05) is 29.9 Å². The molecule has 0 saturated carbocycles. The van der Waals surface area contributed by atoms with Crippen LogP contribution in [-0.2, 0) is 24.3 Å². The Labute approximate surface area is 136 Å². The van der Waals surface area contributed by atoms with Gasteiger partial charge in [0.2, 0.25) is 0 Å². The summed E-state index contributed by atoms with van der Waals surface area (Å²) in [6.45, 7) is 2.47. The Bertz CT molecular complexity index is 851. The second-order valence-corrected chi connectivity index (χ2v) is 6.45. The second-order valence-electron chi connectivity index (χ2n) is 6.45. The molecule has 1 N–H and O–H groups in total. The largest absolute Gasteiger partial charge is 0.376 e. The second kappa shape index (κ2) is 5.80. The van der Waals surface area contributed by atoms with E-state index >= 15 is 0 Å². The van der Waals surface area contributed by atoms with Crippen LogP contribution in [0.5, 0.6) is 0 Å². The van der Waals surface area contributed by atoms with E-state index in [2.05, 4.69) is 53.2 Å². The molecule has 0 fully saturated rings.